The molecule has 1 aromatic carbocycles. The molecule has 108 valence electrons. The lowest BCUT2D eigenvalue weighted by atomic mass is 10.2. The van der Waals surface area contributed by atoms with Crippen LogP contribution in [-0.2, 0) is 10.0 Å². The van der Waals surface area contributed by atoms with Crippen molar-refractivity contribution in [3.05, 3.63) is 42.4 Å². The predicted octanol–water partition coefficient (Wildman–Crippen LogP) is 0.495. The fourth-order valence-electron chi connectivity index (χ4n) is 1.73. The molecular formula is C11H11N7O2S. The third-order valence-corrected chi connectivity index (χ3v) is 4.14. The van der Waals surface area contributed by atoms with Gasteiger partial charge in [-0.15, -0.1) is 5.10 Å². The van der Waals surface area contributed by atoms with Crippen molar-refractivity contribution in [3.63, 3.8) is 0 Å². The Morgan fingerprint density at radius 2 is 2.14 bits per heavy atom. The van der Waals surface area contributed by atoms with Crippen LogP contribution in [-0.4, -0.2) is 38.8 Å². The number of hydrogen-bond acceptors (Lipinski definition) is 6. The maximum Gasteiger partial charge on any atom is 0.278 e. The maximum atomic E-state index is 12.2. The second-order valence-corrected chi connectivity index (χ2v) is 5.93. The molecule has 10 heteroatoms. The van der Waals surface area contributed by atoms with Gasteiger partial charge >= 0.3 is 0 Å². The monoisotopic (exact) mass is 305 g/mol. The van der Waals surface area contributed by atoms with Gasteiger partial charge in [0.1, 0.15) is 6.33 Å². The molecule has 3 aromatic rings. The summed E-state index contributed by atoms with van der Waals surface area (Å²) < 4.78 is 28.3. The van der Waals surface area contributed by atoms with Crippen molar-refractivity contribution < 1.29 is 8.42 Å². The van der Waals surface area contributed by atoms with E-state index in [0.29, 0.717) is 11.4 Å². The molecule has 0 saturated carbocycles. The van der Waals surface area contributed by atoms with Gasteiger partial charge < -0.3 is 0 Å². The highest BCUT2D eigenvalue weighted by Crippen LogP contribution is 2.21. The molecule has 0 amide bonds. The van der Waals surface area contributed by atoms with Crippen molar-refractivity contribution in [2.24, 2.45) is 0 Å². The largest absolute Gasteiger partial charge is 0.278 e. The zero-order valence-corrected chi connectivity index (χ0v) is 11.7. The normalized spacial score (nSPS) is 11.5. The maximum absolute atomic E-state index is 12.2. The Morgan fingerprint density at radius 3 is 2.81 bits per heavy atom. The first-order valence-electron chi connectivity index (χ1n) is 5.92. The molecular weight excluding hydrogens is 294 g/mol. The van der Waals surface area contributed by atoms with Crippen LogP contribution >= 0.6 is 0 Å². The van der Waals surface area contributed by atoms with Crippen LogP contribution in [0.1, 0.15) is 5.56 Å². The molecule has 0 aliphatic heterocycles. The Kier molecular flexibility index (Phi) is 3.14. The van der Waals surface area contributed by atoms with Crippen LogP contribution in [0.3, 0.4) is 0 Å². The molecule has 21 heavy (non-hydrogen) atoms. The van der Waals surface area contributed by atoms with Crippen LogP contribution in [0.4, 0.5) is 5.69 Å². The Bertz CT molecular complexity index is 841. The summed E-state index contributed by atoms with van der Waals surface area (Å²) in [4.78, 5) is 0. The van der Waals surface area contributed by atoms with E-state index in [0.717, 1.165) is 5.56 Å². The molecule has 0 spiro atoms. The fraction of sp³-hybridized carbons (Fsp3) is 0.0909. The van der Waals surface area contributed by atoms with E-state index in [4.69, 9.17) is 0 Å². The highest BCUT2D eigenvalue weighted by molar-refractivity contribution is 7.92. The smallest absolute Gasteiger partial charge is 0.278 e. The lowest BCUT2D eigenvalue weighted by Crippen LogP contribution is -2.14. The number of anilines is 1. The molecule has 2 aromatic heterocycles. The Hall–Kier alpha value is -2.75. The summed E-state index contributed by atoms with van der Waals surface area (Å²) in [5, 5.41) is 16.9. The third-order valence-electron chi connectivity index (χ3n) is 2.84. The Morgan fingerprint density at radius 1 is 1.29 bits per heavy atom. The van der Waals surface area contributed by atoms with Crippen molar-refractivity contribution in [2.45, 2.75) is 11.9 Å². The number of aryl methyl sites for hydroxylation is 1. The number of sulfonamides is 1. The molecule has 0 saturated heterocycles. The zero-order valence-electron chi connectivity index (χ0n) is 10.9. The summed E-state index contributed by atoms with van der Waals surface area (Å²) >= 11 is 0. The van der Waals surface area contributed by atoms with E-state index in [9.17, 15) is 8.42 Å². The molecule has 0 bridgehead atoms. The number of tetrazole rings is 1. The molecule has 9 nitrogen and oxygen atoms in total. The van der Waals surface area contributed by atoms with Crippen molar-refractivity contribution in [2.75, 3.05) is 4.72 Å². The van der Waals surface area contributed by atoms with E-state index >= 15 is 0 Å². The van der Waals surface area contributed by atoms with E-state index < -0.39 is 10.0 Å². The second kappa shape index (κ2) is 4.98. The zero-order chi connectivity index (χ0) is 14.9. The van der Waals surface area contributed by atoms with Gasteiger partial charge in [0.05, 0.1) is 17.6 Å². The number of nitrogens with zero attached hydrogens (tertiary/aromatic N) is 5. The second-order valence-electron chi connectivity index (χ2n) is 4.28. The molecule has 2 heterocycles. The number of nitrogens with one attached hydrogen (secondary N) is 2. The number of rotatable bonds is 4. The fourth-order valence-corrected chi connectivity index (χ4v) is 2.77. The number of H-pyrrole nitrogens is 1. The van der Waals surface area contributed by atoms with Crippen molar-refractivity contribution in [1.29, 1.82) is 0 Å². The summed E-state index contributed by atoms with van der Waals surface area (Å²) in [7, 11) is -3.71. The molecule has 0 fully saturated rings. The molecule has 3 rings (SSSR count). The van der Waals surface area contributed by atoms with Gasteiger partial charge in [0.2, 0.25) is 0 Å². The van der Waals surface area contributed by atoms with Gasteiger partial charge in [-0.25, -0.2) is 4.68 Å². The number of hydrogen-bond donors (Lipinski definition) is 2. The Balaban J connectivity index is 1.97. The first-order valence-corrected chi connectivity index (χ1v) is 7.41. The van der Waals surface area contributed by atoms with Gasteiger partial charge in [0.15, 0.2) is 5.03 Å². The molecule has 0 unspecified atom stereocenters. The van der Waals surface area contributed by atoms with Crippen molar-refractivity contribution in [1.82, 2.24) is 30.4 Å². The minimum Gasteiger partial charge on any atom is -0.278 e. The quantitative estimate of drug-likeness (QED) is 0.724. The standard InChI is InChI=1S/C11H11N7O2S/c1-8-2-3-9(18-7-13-16-17-18)6-10(8)15-21(19,20)11-4-5-12-14-11/h2-7,15H,1H3,(H,12,14). The van der Waals surface area contributed by atoms with Gasteiger partial charge in [-0.05, 0) is 41.1 Å². The van der Waals surface area contributed by atoms with E-state index in [2.05, 4.69) is 30.4 Å². The first kappa shape index (κ1) is 13.2. The summed E-state index contributed by atoms with van der Waals surface area (Å²) in [5.74, 6) is 0. The number of aromatic amines is 1. The topological polar surface area (TPSA) is 118 Å². The summed E-state index contributed by atoms with van der Waals surface area (Å²) in [5.41, 5.74) is 1.86. The summed E-state index contributed by atoms with van der Waals surface area (Å²) in [6, 6.07) is 6.60. The van der Waals surface area contributed by atoms with Crippen LogP contribution < -0.4 is 4.72 Å². The summed E-state index contributed by atoms with van der Waals surface area (Å²) in [6.45, 7) is 1.80. The molecule has 0 radical (unpaired) electrons. The molecule has 0 aliphatic rings. The number of aromatic nitrogens is 6. The average Bonchev–Trinajstić information content (AvgIpc) is 3.14. The average molecular weight is 305 g/mol. The first-order chi connectivity index (χ1) is 10.1. The lowest BCUT2D eigenvalue weighted by molar-refractivity contribution is 0.597. The minimum absolute atomic E-state index is 0.00488. The minimum atomic E-state index is -3.71. The highest BCUT2D eigenvalue weighted by atomic mass is 32.2. The van der Waals surface area contributed by atoms with E-state index in [1.54, 1.807) is 25.1 Å². The SMILES string of the molecule is Cc1ccc(-n2cnnn2)cc1NS(=O)(=O)c1ccn[nH]1. The Labute approximate surface area is 120 Å². The van der Waals surface area contributed by atoms with E-state index in [1.807, 2.05) is 0 Å². The molecule has 0 aliphatic carbocycles. The van der Waals surface area contributed by atoms with Gasteiger partial charge in [-0.1, -0.05) is 6.07 Å². The van der Waals surface area contributed by atoms with Gasteiger partial charge in [0.25, 0.3) is 10.0 Å². The van der Waals surface area contributed by atoms with E-state index in [-0.39, 0.29) is 5.03 Å². The van der Waals surface area contributed by atoms with Gasteiger partial charge in [-0.2, -0.15) is 13.5 Å². The third kappa shape index (κ3) is 2.60. The van der Waals surface area contributed by atoms with Crippen molar-refractivity contribution >= 4 is 15.7 Å². The van der Waals surface area contributed by atoms with E-state index in [1.165, 1.54) is 23.3 Å². The van der Waals surface area contributed by atoms with Crippen LogP contribution in [0.2, 0.25) is 0 Å². The lowest BCUT2D eigenvalue weighted by Gasteiger charge is -2.10. The van der Waals surface area contributed by atoms with Crippen LogP contribution in [0.5, 0.6) is 0 Å². The predicted molar refractivity (Wildman–Crippen MR) is 73.3 cm³/mol. The molecule has 2 N–H and O–H groups in total. The van der Waals surface area contributed by atoms with Crippen LogP contribution in [0.15, 0.2) is 41.8 Å². The number of benzene rings is 1. The highest BCUT2D eigenvalue weighted by Gasteiger charge is 2.17. The van der Waals surface area contributed by atoms with Crippen LogP contribution in [0, 0.1) is 6.92 Å². The van der Waals surface area contributed by atoms with Crippen molar-refractivity contribution in [3.8, 4) is 5.69 Å². The van der Waals surface area contributed by atoms with Gasteiger partial charge in [0, 0.05) is 0 Å². The van der Waals surface area contributed by atoms with Gasteiger partial charge in [-0.3, -0.25) is 9.82 Å². The summed E-state index contributed by atoms with van der Waals surface area (Å²) in [6.07, 6.45) is 2.80. The molecule has 0 atom stereocenters. The van der Waals surface area contributed by atoms with Crippen LogP contribution in [0.25, 0.3) is 5.69 Å².